The molecule has 1 saturated heterocycles. The summed E-state index contributed by atoms with van der Waals surface area (Å²) in [6.07, 6.45) is 7.24. The Balaban J connectivity index is 1.85. The van der Waals surface area contributed by atoms with E-state index in [9.17, 15) is 0 Å². The van der Waals surface area contributed by atoms with Crippen molar-refractivity contribution in [2.24, 2.45) is 5.41 Å². The maximum atomic E-state index is 5.66. The van der Waals surface area contributed by atoms with Crippen molar-refractivity contribution in [3.63, 3.8) is 0 Å². The van der Waals surface area contributed by atoms with Gasteiger partial charge in [-0.25, -0.2) is 0 Å². The van der Waals surface area contributed by atoms with Crippen molar-refractivity contribution in [1.82, 2.24) is 0 Å². The van der Waals surface area contributed by atoms with Crippen molar-refractivity contribution < 1.29 is 4.74 Å². The lowest BCUT2D eigenvalue weighted by Crippen LogP contribution is -2.19. The Kier molecular flexibility index (Phi) is 2.48. The van der Waals surface area contributed by atoms with Crippen LogP contribution in [-0.2, 0) is 4.74 Å². The van der Waals surface area contributed by atoms with Crippen LogP contribution in [-0.4, -0.2) is 17.5 Å². The standard InChI is InChI=1S/C10H17BrO/c1-8(11)10(4-5-10)7-9-3-2-6-12-9/h8-9H,2-7H2,1H3. The third-order valence-electron chi connectivity index (χ3n) is 3.39. The molecule has 12 heavy (non-hydrogen) atoms. The van der Waals surface area contributed by atoms with E-state index in [1.165, 1.54) is 32.1 Å². The monoisotopic (exact) mass is 232 g/mol. The molecule has 1 nitrogen and oxygen atoms in total. The average Bonchev–Trinajstić information content (AvgIpc) is 2.60. The van der Waals surface area contributed by atoms with Crippen molar-refractivity contribution in [1.29, 1.82) is 0 Å². The van der Waals surface area contributed by atoms with Crippen LogP contribution in [0.2, 0.25) is 0 Å². The molecule has 1 aliphatic heterocycles. The van der Waals surface area contributed by atoms with Gasteiger partial charge in [-0.05, 0) is 37.5 Å². The van der Waals surface area contributed by atoms with Gasteiger partial charge in [0.15, 0.2) is 0 Å². The first-order chi connectivity index (χ1) is 5.73. The van der Waals surface area contributed by atoms with Gasteiger partial charge in [-0.3, -0.25) is 0 Å². The fourth-order valence-corrected chi connectivity index (χ4v) is 2.83. The van der Waals surface area contributed by atoms with Gasteiger partial charge in [0.2, 0.25) is 0 Å². The summed E-state index contributed by atoms with van der Waals surface area (Å²) in [5.41, 5.74) is 0.606. The maximum Gasteiger partial charge on any atom is 0.0581 e. The first-order valence-electron chi connectivity index (χ1n) is 4.99. The largest absolute Gasteiger partial charge is 0.378 e. The predicted molar refractivity (Wildman–Crippen MR) is 53.6 cm³/mol. The van der Waals surface area contributed by atoms with Crippen molar-refractivity contribution in [2.75, 3.05) is 6.61 Å². The summed E-state index contributed by atoms with van der Waals surface area (Å²) in [6, 6.07) is 0. The van der Waals surface area contributed by atoms with E-state index in [-0.39, 0.29) is 0 Å². The summed E-state index contributed by atoms with van der Waals surface area (Å²) < 4.78 is 5.66. The molecule has 0 aromatic heterocycles. The molecule has 1 heterocycles. The van der Waals surface area contributed by atoms with Crippen molar-refractivity contribution in [2.45, 2.75) is 50.0 Å². The Morgan fingerprint density at radius 1 is 1.58 bits per heavy atom. The fraction of sp³-hybridized carbons (Fsp3) is 1.00. The van der Waals surface area contributed by atoms with Crippen molar-refractivity contribution in [3.05, 3.63) is 0 Å². The second-order valence-electron chi connectivity index (χ2n) is 4.32. The zero-order valence-electron chi connectivity index (χ0n) is 7.68. The highest BCUT2D eigenvalue weighted by Crippen LogP contribution is 2.55. The van der Waals surface area contributed by atoms with Gasteiger partial charge in [0.05, 0.1) is 6.10 Å². The molecule has 0 aromatic carbocycles. The average molecular weight is 233 g/mol. The molecule has 0 spiro atoms. The molecule has 2 unspecified atom stereocenters. The molecule has 2 rings (SSSR count). The lowest BCUT2D eigenvalue weighted by atomic mass is 9.94. The molecule has 70 valence electrons. The van der Waals surface area contributed by atoms with Gasteiger partial charge in [-0.15, -0.1) is 0 Å². The SMILES string of the molecule is CC(Br)C1(CC2CCCO2)CC1. The molecule has 0 radical (unpaired) electrons. The maximum absolute atomic E-state index is 5.66. The van der Waals surface area contributed by atoms with Crippen LogP contribution in [0.1, 0.15) is 39.0 Å². The number of ether oxygens (including phenoxy) is 1. The highest BCUT2D eigenvalue weighted by Gasteiger charge is 2.47. The molecular formula is C10H17BrO. The number of halogens is 1. The summed E-state index contributed by atoms with van der Waals surface area (Å²) in [4.78, 5) is 0.675. The van der Waals surface area contributed by atoms with Crippen LogP contribution >= 0.6 is 15.9 Å². The quantitative estimate of drug-likeness (QED) is 0.680. The van der Waals surface area contributed by atoms with Gasteiger partial charge in [0.25, 0.3) is 0 Å². The summed E-state index contributed by atoms with van der Waals surface area (Å²) >= 11 is 3.71. The summed E-state index contributed by atoms with van der Waals surface area (Å²) in [5, 5.41) is 0. The van der Waals surface area contributed by atoms with E-state index >= 15 is 0 Å². The topological polar surface area (TPSA) is 9.23 Å². The van der Waals surface area contributed by atoms with Crippen LogP contribution < -0.4 is 0 Å². The third-order valence-corrected chi connectivity index (χ3v) is 4.37. The Morgan fingerprint density at radius 2 is 2.33 bits per heavy atom. The van der Waals surface area contributed by atoms with Gasteiger partial charge in [-0.1, -0.05) is 22.9 Å². The Hall–Kier alpha value is 0.440. The predicted octanol–water partition coefficient (Wildman–Crippen LogP) is 3.12. The molecular weight excluding hydrogens is 216 g/mol. The minimum atomic E-state index is 0.576. The molecule has 1 saturated carbocycles. The fourth-order valence-electron chi connectivity index (χ4n) is 2.18. The number of alkyl halides is 1. The number of rotatable bonds is 3. The minimum Gasteiger partial charge on any atom is -0.378 e. The second kappa shape index (κ2) is 3.30. The number of hydrogen-bond acceptors (Lipinski definition) is 1. The van der Waals surface area contributed by atoms with Gasteiger partial charge in [-0.2, -0.15) is 0 Å². The van der Waals surface area contributed by atoms with E-state index in [0.29, 0.717) is 16.3 Å². The molecule has 2 atom stereocenters. The Labute approximate surface area is 83.0 Å². The van der Waals surface area contributed by atoms with E-state index in [0.717, 1.165) is 6.61 Å². The third kappa shape index (κ3) is 1.69. The second-order valence-corrected chi connectivity index (χ2v) is 5.69. The first-order valence-corrected chi connectivity index (χ1v) is 5.90. The Morgan fingerprint density at radius 3 is 2.75 bits per heavy atom. The smallest absolute Gasteiger partial charge is 0.0581 e. The zero-order chi connectivity index (χ0) is 8.60. The molecule has 0 amide bonds. The van der Waals surface area contributed by atoms with E-state index in [2.05, 4.69) is 22.9 Å². The minimum absolute atomic E-state index is 0.576. The molecule has 0 bridgehead atoms. The van der Waals surface area contributed by atoms with E-state index in [1.54, 1.807) is 0 Å². The van der Waals surface area contributed by atoms with Crippen LogP contribution in [0.25, 0.3) is 0 Å². The van der Waals surface area contributed by atoms with Crippen LogP contribution in [0.15, 0.2) is 0 Å². The zero-order valence-corrected chi connectivity index (χ0v) is 9.27. The van der Waals surface area contributed by atoms with Gasteiger partial charge in [0.1, 0.15) is 0 Å². The van der Waals surface area contributed by atoms with E-state index < -0.39 is 0 Å². The molecule has 0 aromatic rings. The molecule has 2 heteroatoms. The van der Waals surface area contributed by atoms with Crippen LogP contribution in [0.4, 0.5) is 0 Å². The number of hydrogen-bond donors (Lipinski definition) is 0. The highest BCUT2D eigenvalue weighted by atomic mass is 79.9. The van der Waals surface area contributed by atoms with Crippen molar-refractivity contribution in [3.8, 4) is 0 Å². The van der Waals surface area contributed by atoms with Crippen LogP contribution in [0.5, 0.6) is 0 Å². The van der Waals surface area contributed by atoms with E-state index in [1.807, 2.05) is 0 Å². The van der Waals surface area contributed by atoms with Crippen molar-refractivity contribution >= 4 is 15.9 Å². The van der Waals surface area contributed by atoms with Crippen LogP contribution in [0, 0.1) is 5.41 Å². The van der Waals surface area contributed by atoms with Crippen LogP contribution in [0.3, 0.4) is 0 Å². The summed E-state index contributed by atoms with van der Waals surface area (Å²) in [5.74, 6) is 0. The molecule has 2 fully saturated rings. The first kappa shape index (κ1) is 9.01. The Bertz CT molecular complexity index is 157. The molecule has 1 aliphatic carbocycles. The van der Waals surface area contributed by atoms with Gasteiger partial charge in [0, 0.05) is 11.4 Å². The highest BCUT2D eigenvalue weighted by molar-refractivity contribution is 9.09. The summed E-state index contributed by atoms with van der Waals surface area (Å²) in [6.45, 7) is 3.28. The lowest BCUT2D eigenvalue weighted by Gasteiger charge is -2.21. The lowest BCUT2D eigenvalue weighted by molar-refractivity contribution is 0.0859. The normalized spacial score (nSPS) is 35.0. The molecule has 0 N–H and O–H groups in total. The molecule has 2 aliphatic rings. The van der Waals surface area contributed by atoms with Gasteiger partial charge < -0.3 is 4.74 Å². The van der Waals surface area contributed by atoms with Gasteiger partial charge >= 0.3 is 0 Å². The van der Waals surface area contributed by atoms with E-state index in [4.69, 9.17) is 4.74 Å². The summed E-state index contributed by atoms with van der Waals surface area (Å²) in [7, 11) is 0.